The van der Waals surface area contributed by atoms with Gasteiger partial charge in [0, 0.05) is 0 Å². The molecule has 1 rings (SSSR count). The van der Waals surface area contributed by atoms with Crippen LogP contribution < -0.4 is 0 Å². The number of hydrogen-bond acceptors (Lipinski definition) is 4. The lowest BCUT2D eigenvalue weighted by Gasteiger charge is -2.34. The monoisotopic (exact) mass is 352 g/mol. The SMILES string of the molecule is CCCCC(CC)COC(=O)C1CCC=CC1(C)C(=O)OCC(C)C. The van der Waals surface area contributed by atoms with Crippen LogP contribution in [0.4, 0.5) is 0 Å². The van der Waals surface area contributed by atoms with Gasteiger partial charge >= 0.3 is 11.9 Å². The van der Waals surface area contributed by atoms with Gasteiger partial charge < -0.3 is 9.47 Å². The molecular weight excluding hydrogens is 316 g/mol. The molecule has 0 heterocycles. The van der Waals surface area contributed by atoms with Gasteiger partial charge in [-0.2, -0.15) is 0 Å². The Morgan fingerprint density at radius 3 is 2.52 bits per heavy atom. The number of unbranched alkanes of at least 4 members (excludes halogenated alkanes) is 1. The summed E-state index contributed by atoms with van der Waals surface area (Å²) in [6.45, 7) is 10.9. The van der Waals surface area contributed by atoms with Gasteiger partial charge in [0.05, 0.1) is 24.5 Å². The Hall–Kier alpha value is -1.32. The first-order valence-corrected chi connectivity index (χ1v) is 9.86. The van der Waals surface area contributed by atoms with E-state index >= 15 is 0 Å². The minimum atomic E-state index is -0.921. The van der Waals surface area contributed by atoms with Gasteiger partial charge in [-0.3, -0.25) is 9.59 Å². The third-order valence-electron chi connectivity index (χ3n) is 5.09. The highest BCUT2D eigenvalue weighted by molar-refractivity contribution is 5.87. The molecule has 3 atom stereocenters. The van der Waals surface area contributed by atoms with E-state index in [4.69, 9.17) is 9.47 Å². The highest BCUT2D eigenvalue weighted by Crippen LogP contribution is 2.39. The average Bonchev–Trinajstić information content (AvgIpc) is 2.59. The van der Waals surface area contributed by atoms with E-state index in [1.165, 1.54) is 0 Å². The molecule has 0 aromatic carbocycles. The Balaban J connectivity index is 2.70. The molecule has 0 saturated carbocycles. The van der Waals surface area contributed by atoms with Crippen LogP contribution in [0.3, 0.4) is 0 Å². The molecular formula is C21H36O4. The van der Waals surface area contributed by atoms with E-state index < -0.39 is 11.3 Å². The third-order valence-corrected chi connectivity index (χ3v) is 5.09. The lowest BCUT2D eigenvalue weighted by atomic mass is 9.71. The zero-order valence-corrected chi connectivity index (χ0v) is 16.7. The summed E-state index contributed by atoms with van der Waals surface area (Å²) in [5.74, 6) is -0.363. The first kappa shape index (κ1) is 21.7. The number of esters is 2. The van der Waals surface area contributed by atoms with E-state index in [2.05, 4.69) is 13.8 Å². The molecule has 3 unspecified atom stereocenters. The summed E-state index contributed by atoms with van der Waals surface area (Å²) in [7, 11) is 0. The fourth-order valence-corrected chi connectivity index (χ4v) is 3.18. The Morgan fingerprint density at radius 2 is 1.92 bits per heavy atom. The molecule has 0 aliphatic heterocycles. The van der Waals surface area contributed by atoms with E-state index in [-0.39, 0.29) is 17.9 Å². The standard InChI is InChI=1S/C21H36O4/c1-6-8-11-17(7-2)15-24-19(22)18-12-9-10-13-21(18,5)20(23)25-14-16(3)4/h10,13,16-18H,6-9,11-12,14-15H2,1-5H3. The van der Waals surface area contributed by atoms with Crippen molar-refractivity contribution in [3.8, 4) is 0 Å². The van der Waals surface area contributed by atoms with Crippen LogP contribution in [0.1, 0.15) is 73.1 Å². The second-order valence-corrected chi connectivity index (χ2v) is 7.85. The molecule has 4 nitrogen and oxygen atoms in total. The molecule has 0 spiro atoms. The van der Waals surface area contributed by atoms with Gasteiger partial charge in [0.2, 0.25) is 0 Å². The summed E-state index contributed by atoms with van der Waals surface area (Å²) in [6, 6.07) is 0. The van der Waals surface area contributed by atoms with Crippen LogP contribution >= 0.6 is 0 Å². The molecule has 0 radical (unpaired) electrons. The molecule has 0 aromatic heterocycles. The number of carbonyl (C=O) groups excluding carboxylic acids is 2. The van der Waals surface area contributed by atoms with Crippen LogP contribution in [-0.4, -0.2) is 25.2 Å². The average molecular weight is 353 g/mol. The highest BCUT2D eigenvalue weighted by atomic mass is 16.5. The van der Waals surface area contributed by atoms with Crippen molar-refractivity contribution in [2.24, 2.45) is 23.2 Å². The predicted molar refractivity (Wildman–Crippen MR) is 100 cm³/mol. The van der Waals surface area contributed by atoms with Crippen LogP contribution in [0, 0.1) is 23.2 Å². The Morgan fingerprint density at radius 1 is 1.20 bits per heavy atom. The van der Waals surface area contributed by atoms with Gasteiger partial charge in [0.15, 0.2) is 0 Å². The lowest BCUT2D eigenvalue weighted by Crippen LogP contribution is -2.42. The minimum absolute atomic E-state index is 0.261. The van der Waals surface area contributed by atoms with Crippen LogP contribution in [0.25, 0.3) is 0 Å². The summed E-state index contributed by atoms with van der Waals surface area (Å²) in [4.78, 5) is 25.3. The number of hydrogen-bond donors (Lipinski definition) is 0. The van der Waals surface area contributed by atoms with Gasteiger partial charge in [-0.25, -0.2) is 0 Å². The Bertz CT molecular complexity index is 455. The summed E-state index contributed by atoms with van der Waals surface area (Å²) < 4.78 is 11.1. The predicted octanol–water partition coefficient (Wildman–Crippen LogP) is 4.92. The van der Waals surface area contributed by atoms with Crippen molar-refractivity contribution in [3.63, 3.8) is 0 Å². The lowest BCUT2D eigenvalue weighted by molar-refractivity contribution is -0.167. The number of allylic oxidation sites excluding steroid dienone is 1. The fraction of sp³-hybridized carbons (Fsp3) is 0.810. The van der Waals surface area contributed by atoms with Gasteiger partial charge in [-0.15, -0.1) is 0 Å². The number of carbonyl (C=O) groups is 2. The zero-order valence-electron chi connectivity index (χ0n) is 16.7. The van der Waals surface area contributed by atoms with Crippen molar-refractivity contribution in [3.05, 3.63) is 12.2 Å². The van der Waals surface area contributed by atoms with Crippen molar-refractivity contribution < 1.29 is 19.1 Å². The fourth-order valence-electron chi connectivity index (χ4n) is 3.18. The second kappa shape index (κ2) is 10.6. The maximum absolute atomic E-state index is 12.7. The van der Waals surface area contributed by atoms with Crippen molar-refractivity contribution in [1.29, 1.82) is 0 Å². The van der Waals surface area contributed by atoms with Crippen LogP contribution in [0.15, 0.2) is 12.2 Å². The molecule has 0 N–H and O–H groups in total. The van der Waals surface area contributed by atoms with E-state index in [1.807, 2.05) is 26.0 Å². The van der Waals surface area contributed by atoms with Crippen molar-refractivity contribution >= 4 is 11.9 Å². The molecule has 4 heteroatoms. The van der Waals surface area contributed by atoms with Crippen LogP contribution in [0.2, 0.25) is 0 Å². The van der Waals surface area contributed by atoms with Crippen LogP contribution in [-0.2, 0) is 19.1 Å². The molecule has 0 amide bonds. The summed E-state index contributed by atoms with van der Waals surface area (Å²) in [5.41, 5.74) is -0.921. The van der Waals surface area contributed by atoms with E-state index in [0.29, 0.717) is 25.6 Å². The summed E-state index contributed by atoms with van der Waals surface area (Å²) in [6.07, 6.45) is 9.62. The van der Waals surface area contributed by atoms with E-state index in [0.717, 1.165) is 32.1 Å². The summed E-state index contributed by atoms with van der Waals surface area (Å²) in [5, 5.41) is 0. The van der Waals surface area contributed by atoms with Gasteiger partial charge in [0.25, 0.3) is 0 Å². The minimum Gasteiger partial charge on any atom is -0.465 e. The molecule has 0 aromatic rings. The topological polar surface area (TPSA) is 52.6 Å². The normalized spacial score (nSPS) is 24.2. The summed E-state index contributed by atoms with van der Waals surface area (Å²) >= 11 is 0. The van der Waals surface area contributed by atoms with Gasteiger partial charge in [0.1, 0.15) is 0 Å². The van der Waals surface area contributed by atoms with E-state index in [9.17, 15) is 9.59 Å². The van der Waals surface area contributed by atoms with Crippen molar-refractivity contribution in [2.75, 3.05) is 13.2 Å². The molecule has 0 fully saturated rings. The Kier molecular flexibility index (Phi) is 9.23. The number of ether oxygens (including phenoxy) is 2. The van der Waals surface area contributed by atoms with Crippen LogP contribution in [0.5, 0.6) is 0 Å². The van der Waals surface area contributed by atoms with Gasteiger partial charge in [-0.1, -0.05) is 59.1 Å². The van der Waals surface area contributed by atoms with Crippen molar-refractivity contribution in [2.45, 2.75) is 73.1 Å². The maximum Gasteiger partial charge on any atom is 0.316 e. The largest absolute Gasteiger partial charge is 0.465 e. The molecule has 1 aliphatic rings. The first-order valence-electron chi connectivity index (χ1n) is 9.86. The molecule has 0 saturated heterocycles. The molecule has 0 bridgehead atoms. The quantitative estimate of drug-likeness (QED) is 0.414. The zero-order chi connectivity index (χ0) is 18.9. The third kappa shape index (κ3) is 6.48. The maximum atomic E-state index is 12.7. The first-order chi connectivity index (χ1) is 11.8. The number of rotatable bonds is 10. The molecule has 1 aliphatic carbocycles. The molecule has 25 heavy (non-hydrogen) atoms. The smallest absolute Gasteiger partial charge is 0.316 e. The van der Waals surface area contributed by atoms with Crippen molar-refractivity contribution in [1.82, 2.24) is 0 Å². The Labute approximate surface area is 153 Å². The highest BCUT2D eigenvalue weighted by Gasteiger charge is 2.46. The second-order valence-electron chi connectivity index (χ2n) is 7.85. The van der Waals surface area contributed by atoms with Gasteiger partial charge in [-0.05, 0) is 38.0 Å². The van der Waals surface area contributed by atoms with E-state index in [1.54, 1.807) is 6.92 Å². The molecule has 144 valence electrons.